The Balaban J connectivity index is 2.53. The van der Waals surface area contributed by atoms with Crippen molar-refractivity contribution in [3.05, 3.63) is 47.8 Å². The van der Waals surface area contributed by atoms with Gasteiger partial charge in [-0.15, -0.1) is 0 Å². The molecule has 0 fully saturated rings. The number of aromatic nitrogens is 1. The molecule has 0 amide bonds. The third kappa shape index (κ3) is 5.78. The summed E-state index contributed by atoms with van der Waals surface area (Å²) in [5, 5.41) is 5.30. The number of alkyl halides is 3. The summed E-state index contributed by atoms with van der Waals surface area (Å²) in [5.41, 5.74) is -0.563. The molecule has 2 rings (SSSR count). The normalized spacial score (nSPS) is 12.3. The molecule has 8 heteroatoms. The third-order valence-electron chi connectivity index (χ3n) is 4.62. The van der Waals surface area contributed by atoms with Crippen LogP contribution in [0.3, 0.4) is 0 Å². The molecule has 154 valence electrons. The fraction of sp³-hybridized carbons (Fsp3) is 0.450. The minimum atomic E-state index is -4.59. The van der Waals surface area contributed by atoms with E-state index >= 15 is 0 Å². The van der Waals surface area contributed by atoms with Gasteiger partial charge in [-0.05, 0) is 36.6 Å². The number of pyridine rings is 1. The van der Waals surface area contributed by atoms with E-state index in [2.05, 4.69) is 11.9 Å². The van der Waals surface area contributed by atoms with Crippen LogP contribution in [0.4, 0.5) is 13.2 Å². The van der Waals surface area contributed by atoms with E-state index in [9.17, 15) is 21.6 Å². The van der Waals surface area contributed by atoms with E-state index in [1.54, 1.807) is 12.1 Å². The number of hydrogen-bond donors (Lipinski definition) is 1. The number of unbranched alkanes of at least 4 members (excludes halogenated alkanes) is 5. The number of halogens is 3. The van der Waals surface area contributed by atoms with E-state index < -0.39 is 21.8 Å². The lowest BCUT2D eigenvalue weighted by atomic mass is 9.91. The molecule has 1 aromatic carbocycles. The van der Waals surface area contributed by atoms with Crippen molar-refractivity contribution in [2.45, 2.75) is 62.9 Å². The molecular formula is C20H25F3N2O2S. The first-order valence-electron chi connectivity index (χ1n) is 9.32. The molecule has 0 radical (unpaired) electrons. The van der Waals surface area contributed by atoms with Crippen LogP contribution in [0.1, 0.15) is 56.6 Å². The van der Waals surface area contributed by atoms with E-state index in [1.807, 2.05) is 0 Å². The van der Waals surface area contributed by atoms with E-state index in [-0.39, 0.29) is 22.4 Å². The monoisotopic (exact) mass is 414 g/mol. The number of sulfonamides is 1. The zero-order valence-electron chi connectivity index (χ0n) is 15.8. The predicted molar refractivity (Wildman–Crippen MR) is 103 cm³/mol. The van der Waals surface area contributed by atoms with Crippen LogP contribution in [0.5, 0.6) is 0 Å². The predicted octanol–water partition coefficient (Wildman–Crippen LogP) is 5.32. The molecule has 0 atom stereocenters. The molecule has 28 heavy (non-hydrogen) atoms. The van der Waals surface area contributed by atoms with Crippen LogP contribution in [0.2, 0.25) is 0 Å². The average Bonchev–Trinajstić information content (AvgIpc) is 2.63. The van der Waals surface area contributed by atoms with Gasteiger partial charge in [0.1, 0.15) is 0 Å². The van der Waals surface area contributed by atoms with E-state index in [4.69, 9.17) is 5.14 Å². The SMILES string of the molecule is CCCCCCCCc1c(C(F)(F)F)ccc(S(N)(=O)=O)c1-c1cccnc1. The Morgan fingerprint density at radius 3 is 2.29 bits per heavy atom. The maximum absolute atomic E-state index is 13.7. The van der Waals surface area contributed by atoms with Crippen molar-refractivity contribution in [1.82, 2.24) is 4.98 Å². The quantitative estimate of drug-likeness (QED) is 0.565. The van der Waals surface area contributed by atoms with Crippen LogP contribution < -0.4 is 5.14 Å². The Bertz CT molecular complexity index is 882. The summed E-state index contributed by atoms with van der Waals surface area (Å²) < 4.78 is 65.1. The van der Waals surface area contributed by atoms with Crippen LogP contribution >= 0.6 is 0 Å². The van der Waals surface area contributed by atoms with Gasteiger partial charge >= 0.3 is 6.18 Å². The van der Waals surface area contributed by atoms with Crippen LogP contribution in [-0.2, 0) is 22.6 Å². The summed E-state index contributed by atoms with van der Waals surface area (Å²) in [6, 6.07) is 4.84. The second-order valence-electron chi connectivity index (χ2n) is 6.77. The van der Waals surface area contributed by atoms with Gasteiger partial charge in [0.25, 0.3) is 0 Å². The number of primary sulfonamides is 1. The fourth-order valence-corrected chi connectivity index (χ4v) is 4.08. The number of rotatable bonds is 9. The number of nitrogens with zero attached hydrogens (tertiary/aromatic N) is 1. The molecule has 0 aliphatic heterocycles. The topological polar surface area (TPSA) is 73.1 Å². The zero-order valence-corrected chi connectivity index (χ0v) is 16.6. The van der Waals surface area contributed by atoms with Crippen molar-refractivity contribution in [1.29, 1.82) is 0 Å². The Labute approximate surface area is 164 Å². The highest BCUT2D eigenvalue weighted by atomic mass is 32.2. The molecule has 0 bridgehead atoms. The van der Waals surface area contributed by atoms with Crippen LogP contribution in [0.15, 0.2) is 41.6 Å². The minimum absolute atomic E-state index is 0.000941. The third-order valence-corrected chi connectivity index (χ3v) is 5.57. The van der Waals surface area contributed by atoms with Crippen LogP contribution in [0, 0.1) is 0 Å². The first-order chi connectivity index (χ1) is 13.2. The van der Waals surface area contributed by atoms with Gasteiger partial charge in [-0.3, -0.25) is 4.98 Å². The molecular weight excluding hydrogens is 389 g/mol. The van der Waals surface area contributed by atoms with Crippen LogP contribution in [0.25, 0.3) is 11.1 Å². The maximum atomic E-state index is 13.7. The molecule has 2 N–H and O–H groups in total. The molecule has 1 aromatic heterocycles. The molecule has 0 saturated carbocycles. The second-order valence-corrected chi connectivity index (χ2v) is 8.30. The van der Waals surface area contributed by atoms with E-state index in [1.165, 1.54) is 12.4 Å². The summed E-state index contributed by atoms with van der Waals surface area (Å²) >= 11 is 0. The van der Waals surface area contributed by atoms with Gasteiger partial charge in [-0.25, -0.2) is 13.6 Å². The summed E-state index contributed by atoms with van der Waals surface area (Å²) in [4.78, 5) is 3.62. The lowest BCUT2D eigenvalue weighted by Gasteiger charge is -2.20. The van der Waals surface area contributed by atoms with Crippen LogP contribution in [-0.4, -0.2) is 13.4 Å². The van der Waals surface area contributed by atoms with Gasteiger partial charge in [-0.1, -0.05) is 45.1 Å². The molecule has 2 aromatic rings. The highest BCUT2D eigenvalue weighted by Crippen LogP contribution is 2.40. The summed E-state index contributed by atoms with van der Waals surface area (Å²) in [7, 11) is -4.20. The first kappa shape index (κ1) is 22.4. The molecule has 1 heterocycles. The summed E-state index contributed by atoms with van der Waals surface area (Å²) in [6.45, 7) is 2.09. The standard InChI is InChI=1S/C20H25F3N2O2S/c1-2-3-4-5-6-7-10-16-17(20(21,22)23)11-12-18(28(24,26)27)19(16)15-9-8-13-25-14-15/h8-9,11-14H,2-7,10H2,1H3,(H2,24,26,27). The first-order valence-corrected chi connectivity index (χ1v) is 10.9. The lowest BCUT2D eigenvalue weighted by Crippen LogP contribution is -2.17. The fourth-order valence-electron chi connectivity index (χ4n) is 3.30. The summed E-state index contributed by atoms with van der Waals surface area (Å²) in [6.07, 6.45) is 3.82. The highest BCUT2D eigenvalue weighted by Gasteiger charge is 2.36. The maximum Gasteiger partial charge on any atom is 0.416 e. The van der Waals surface area contributed by atoms with Crippen molar-refractivity contribution in [2.24, 2.45) is 5.14 Å². The van der Waals surface area contributed by atoms with Crippen molar-refractivity contribution in [3.8, 4) is 11.1 Å². The summed E-state index contributed by atoms with van der Waals surface area (Å²) in [5.74, 6) is 0. The largest absolute Gasteiger partial charge is 0.416 e. The zero-order chi connectivity index (χ0) is 20.8. The Morgan fingerprint density at radius 1 is 1.04 bits per heavy atom. The van der Waals surface area contributed by atoms with Gasteiger partial charge in [0.05, 0.1) is 10.5 Å². The van der Waals surface area contributed by atoms with Gasteiger partial charge in [0, 0.05) is 23.5 Å². The van der Waals surface area contributed by atoms with Crippen molar-refractivity contribution >= 4 is 10.0 Å². The lowest BCUT2D eigenvalue weighted by molar-refractivity contribution is -0.138. The van der Waals surface area contributed by atoms with Gasteiger partial charge in [0.2, 0.25) is 10.0 Å². The van der Waals surface area contributed by atoms with E-state index in [0.29, 0.717) is 12.0 Å². The van der Waals surface area contributed by atoms with Gasteiger partial charge < -0.3 is 0 Å². The van der Waals surface area contributed by atoms with Crippen molar-refractivity contribution in [3.63, 3.8) is 0 Å². The molecule has 0 aliphatic rings. The number of benzene rings is 1. The Morgan fingerprint density at radius 2 is 1.71 bits per heavy atom. The van der Waals surface area contributed by atoms with Gasteiger partial charge in [0.15, 0.2) is 0 Å². The van der Waals surface area contributed by atoms with E-state index in [0.717, 1.165) is 44.2 Å². The van der Waals surface area contributed by atoms with Crippen molar-refractivity contribution < 1.29 is 21.6 Å². The molecule has 0 aliphatic carbocycles. The molecule has 4 nitrogen and oxygen atoms in total. The van der Waals surface area contributed by atoms with Gasteiger partial charge in [-0.2, -0.15) is 13.2 Å². The molecule has 0 spiro atoms. The minimum Gasteiger partial charge on any atom is -0.264 e. The number of hydrogen-bond acceptors (Lipinski definition) is 3. The second kappa shape index (κ2) is 9.52. The Hall–Kier alpha value is -1.93. The molecule has 0 saturated heterocycles. The Kier molecular flexibility index (Phi) is 7.60. The highest BCUT2D eigenvalue weighted by molar-refractivity contribution is 7.89. The smallest absolute Gasteiger partial charge is 0.264 e. The number of nitrogens with two attached hydrogens (primary N) is 1. The van der Waals surface area contributed by atoms with Crippen molar-refractivity contribution in [2.75, 3.05) is 0 Å². The average molecular weight is 414 g/mol. The molecule has 0 unspecified atom stereocenters.